The molecule has 2 aromatic rings. The quantitative estimate of drug-likeness (QED) is 0.759. The van der Waals surface area contributed by atoms with Gasteiger partial charge < -0.3 is 14.4 Å². The van der Waals surface area contributed by atoms with Gasteiger partial charge in [-0.1, -0.05) is 24.3 Å². The van der Waals surface area contributed by atoms with Gasteiger partial charge in [-0.05, 0) is 29.8 Å². The zero-order valence-electron chi connectivity index (χ0n) is 12.2. The highest BCUT2D eigenvalue weighted by Gasteiger charge is 2.29. The van der Waals surface area contributed by atoms with E-state index in [2.05, 4.69) is 0 Å². The molecular formula is C18H15NO3. The van der Waals surface area contributed by atoms with E-state index in [1.165, 1.54) is 0 Å². The molecule has 0 atom stereocenters. The van der Waals surface area contributed by atoms with Gasteiger partial charge >= 0.3 is 0 Å². The summed E-state index contributed by atoms with van der Waals surface area (Å²) in [6, 6.07) is 13.6. The van der Waals surface area contributed by atoms with Crippen LogP contribution in [0.3, 0.4) is 0 Å². The van der Waals surface area contributed by atoms with E-state index in [1.54, 1.807) is 11.9 Å². The highest BCUT2D eigenvalue weighted by Crippen LogP contribution is 2.38. The van der Waals surface area contributed by atoms with Crippen LogP contribution in [0.4, 0.5) is 5.69 Å². The molecular weight excluding hydrogens is 278 g/mol. The number of nitrogens with zero attached hydrogens (tertiary/aromatic N) is 1. The average molecular weight is 293 g/mol. The summed E-state index contributed by atoms with van der Waals surface area (Å²) in [6.45, 7) is 1.13. The number of ether oxygens (including phenoxy) is 2. The monoisotopic (exact) mass is 293 g/mol. The van der Waals surface area contributed by atoms with Crippen LogP contribution in [0.5, 0.6) is 11.5 Å². The molecule has 0 fully saturated rings. The third-order valence-corrected chi connectivity index (χ3v) is 3.97. The molecule has 22 heavy (non-hydrogen) atoms. The highest BCUT2D eigenvalue weighted by molar-refractivity contribution is 6.35. The van der Waals surface area contributed by atoms with Gasteiger partial charge in [0.25, 0.3) is 5.91 Å². The first-order valence-corrected chi connectivity index (χ1v) is 7.23. The molecule has 2 aliphatic rings. The van der Waals surface area contributed by atoms with Crippen LogP contribution < -0.4 is 14.4 Å². The van der Waals surface area contributed by atoms with Crippen LogP contribution in [0.15, 0.2) is 42.5 Å². The van der Waals surface area contributed by atoms with Crippen LogP contribution in [-0.4, -0.2) is 26.2 Å². The summed E-state index contributed by atoms with van der Waals surface area (Å²) in [5, 5.41) is 0. The number of benzene rings is 2. The van der Waals surface area contributed by atoms with Gasteiger partial charge in [0.15, 0.2) is 11.5 Å². The predicted molar refractivity (Wildman–Crippen MR) is 85.2 cm³/mol. The first-order chi connectivity index (χ1) is 10.7. The molecule has 1 amide bonds. The Balaban J connectivity index is 1.78. The number of para-hydroxylation sites is 1. The van der Waals surface area contributed by atoms with Gasteiger partial charge in [0.1, 0.15) is 13.2 Å². The van der Waals surface area contributed by atoms with E-state index in [-0.39, 0.29) is 5.91 Å². The second-order valence-electron chi connectivity index (χ2n) is 5.34. The van der Waals surface area contributed by atoms with Gasteiger partial charge in [0.2, 0.25) is 0 Å². The van der Waals surface area contributed by atoms with Crippen LogP contribution in [0, 0.1) is 0 Å². The first kappa shape index (κ1) is 13.0. The molecule has 4 nitrogen and oxygen atoms in total. The number of carbonyl (C=O) groups excluding carboxylic acids is 1. The maximum Gasteiger partial charge on any atom is 0.258 e. The van der Waals surface area contributed by atoms with E-state index >= 15 is 0 Å². The summed E-state index contributed by atoms with van der Waals surface area (Å²) < 4.78 is 11.1. The van der Waals surface area contributed by atoms with Gasteiger partial charge in [-0.3, -0.25) is 4.79 Å². The Morgan fingerprint density at radius 3 is 2.68 bits per heavy atom. The topological polar surface area (TPSA) is 38.8 Å². The molecule has 2 aliphatic heterocycles. The number of carbonyl (C=O) groups is 1. The van der Waals surface area contributed by atoms with Crippen molar-refractivity contribution in [3.05, 3.63) is 53.6 Å². The molecule has 0 bridgehead atoms. The number of anilines is 1. The largest absolute Gasteiger partial charge is 0.486 e. The lowest BCUT2D eigenvalue weighted by molar-refractivity contribution is -0.112. The van der Waals surface area contributed by atoms with Crippen molar-refractivity contribution in [1.82, 2.24) is 0 Å². The fourth-order valence-corrected chi connectivity index (χ4v) is 2.86. The molecule has 0 unspecified atom stereocenters. The Morgan fingerprint density at radius 1 is 1.05 bits per heavy atom. The molecule has 4 heteroatoms. The lowest BCUT2D eigenvalue weighted by Crippen LogP contribution is -2.20. The maximum atomic E-state index is 12.5. The summed E-state index contributed by atoms with van der Waals surface area (Å²) in [4.78, 5) is 14.1. The molecule has 0 saturated carbocycles. The van der Waals surface area contributed by atoms with Crippen LogP contribution in [0.25, 0.3) is 11.6 Å². The number of fused-ring (bicyclic) bond motifs is 2. The summed E-state index contributed by atoms with van der Waals surface area (Å²) in [5.74, 6) is 1.49. The van der Waals surface area contributed by atoms with Crippen molar-refractivity contribution in [3.8, 4) is 11.5 Å². The number of hydrogen-bond acceptors (Lipinski definition) is 3. The molecule has 0 radical (unpaired) electrons. The first-order valence-electron chi connectivity index (χ1n) is 7.23. The number of hydrogen-bond donors (Lipinski definition) is 0. The number of rotatable bonds is 1. The second kappa shape index (κ2) is 4.91. The second-order valence-corrected chi connectivity index (χ2v) is 5.34. The molecule has 4 rings (SSSR count). The predicted octanol–water partition coefficient (Wildman–Crippen LogP) is 2.97. The van der Waals surface area contributed by atoms with Crippen molar-refractivity contribution in [2.75, 3.05) is 25.2 Å². The third-order valence-electron chi connectivity index (χ3n) is 3.97. The van der Waals surface area contributed by atoms with E-state index in [4.69, 9.17) is 9.47 Å². The molecule has 0 aromatic heterocycles. The standard InChI is InChI=1S/C18H15NO3/c1-19-15-5-3-2-4-13(15)14(18(19)20)10-12-6-7-16-17(11-12)22-9-8-21-16/h2-7,10-11H,8-9H2,1H3/b14-10+. The van der Waals surface area contributed by atoms with Crippen molar-refractivity contribution in [1.29, 1.82) is 0 Å². The van der Waals surface area contributed by atoms with Crippen LogP contribution in [0.1, 0.15) is 11.1 Å². The number of likely N-dealkylation sites (N-methyl/N-ethyl adjacent to an activating group) is 1. The zero-order chi connectivity index (χ0) is 15.1. The Hall–Kier alpha value is -2.75. The molecule has 2 aromatic carbocycles. The Bertz CT molecular complexity index is 795. The SMILES string of the molecule is CN1C(=O)/C(=C/c2ccc3c(c2)OCCO3)c2ccccc21. The van der Waals surface area contributed by atoms with E-state index in [0.29, 0.717) is 18.8 Å². The average Bonchev–Trinajstić information content (AvgIpc) is 2.80. The van der Waals surface area contributed by atoms with Gasteiger partial charge in [-0.25, -0.2) is 0 Å². The van der Waals surface area contributed by atoms with Crippen LogP contribution in [0.2, 0.25) is 0 Å². The smallest absolute Gasteiger partial charge is 0.258 e. The fraction of sp³-hybridized carbons (Fsp3) is 0.167. The molecule has 0 N–H and O–H groups in total. The Labute approximate surface area is 128 Å². The van der Waals surface area contributed by atoms with Crippen molar-refractivity contribution < 1.29 is 14.3 Å². The summed E-state index contributed by atoms with van der Waals surface area (Å²) in [6.07, 6.45) is 1.91. The van der Waals surface area contributed by atoms with E-state index in [0.717, 1.165) is 28.3 Å². The Morgan fingerprint density at radius 2 is 1.82 bits per heavy atom. The normalized spacial score (nSPS) is 17.8. The van der Waals surface area contributed by atoms with Crippen molar-refractivity contribution in [3.63, 3.8) is 0 Å². The summed E-state index contributed by atoms with van der Waals surface area (Å²) in [7, 11) is 1.80. The third kappa shape index (κ3) is 1.96. The molecule has 0 saturated heterocycles. The van der Waals surface area contributed by atoms with Gasteiger partial charge in [0, 0.05) is 18.2 Å². The molecule has 2 heterocycles. The van der Waals surface area contributed by atoms with Crippen molar-refractivity contribution >= 4 is 23.2 Å². The fourth-order valence-electron chi connectivity index (χ4n) is 2.86. The van der Waals surface area contributed by atoms with Crippen LogP contribution in [-0.2, 0) is 4.79 Å². The number of amides is 1. The van der Waals surface area contributed by atoms with E-state index in [1.807, 2.05) is 48.5 Å². The lowest BCUT2D eigenvalue weighted by atomic mass is 10.0. The summed E-state index contributed by atoms with van der Waals surface area (Å²) >= 11 is 0. The van der Waals surface area contributed by atoms with Crippen molar-refractivity contribution in [2.45, 2.75) is 0 Å². The lowest BCUT2D eigenvalue weighted by Gasteiger charge is -2.18. The molecule has 110 valence electrons. The van der Waals surface area contributed by atoms with Gasteiger partial charge in [-0.15, -0.1) is 0 Å². The molecule has 0 spiro atoms. The van der Waals surface area contributed by atoms with Gasteiger partial charge in [-0.2, -0.15) is 0 Å². The Kier molecular flexibility index (Phi) is 2.89. The highest BCUT2D eigenvalue weighted by atomic mass is 16.6. The minimum Gasteiger partial charge on any atom is -0.486 e. The van der Waals surface area contributed by atoms with Crippen molar-refractivity contribution in [2.24, 2.45) is 0 Å². The maximum absolute atomic E-state index is 12.5. The van der Waals surface area contributed by atoms with E-state index in [9.17, 15) is 4.79 Å². The summed E-state index contributed by atoms with van der Waals surface area (Å²) in [5.41, 5.74) is 3.54. The van der Waals surface area contributed by atoms with Crippen LogP contribution >= 0.6 is 0 Å². The minimum atomic E-state index is 0.0103. The zero-order valence-corrected chi connectivity index (χ0v) is 12.2. The molecule has 0 aliphatic carbocycles. The van der Waals surface area contributed by atoms with Gasteiger partial charge in [0.05, 0.1) is 5.69 Å². The van der Waals surface area contributed by atoms with E-state index < -0.39 is 0 Å². The minimum absolute atomic E-state index is 0.0103.